The van der Waals surface area contributed by atoms with Gasteiger partial charge in [0.05, 0.1) is 12.1 Å². The molecule has 1 heterocycles. The number of hydrogen-bond acceptors (Lipinski definition) is 2. The monoisotopic (exact) mass is 239 g/mol. The summed E-state index contributed by atoms with van der Waals surface area (Å²) in [5, 5.41) is 0. The second-order valence-corrected chi connectivity index (χ2v) is 4.62. The minimum Gasteiger partial charge on any atom is -0.298 e. The smallest absolute Gasteiger partial charge is 0.0843 e. The van der Waals surface area contributed by atoms with Gasteiger partial charge in [0.1, 0.15) is 0 Å². The van der Waals surface area contributed by atoms with Gasteiger partial charge in [-0.25, -0.2) is 0 Å². The molecule has 2 fully saturated rings. The van der Waals surface area contributed by atoms with Crippen LogP contribution in [-0.2, 0) is 4.84 Å². The molecule has 2 aliphatic rings. The lowest BCUT2D eigenvalue weighted by atomic mass is 10.0. The molecule has 1 aliphatic heterocycles. The van der Waals surface area contributed by atoms with E-state index < -0.39 is 0 Å². The van der Waals surface area contributed by atoms with Crippen LogP contribution in [-0.4, -0.2) is 6.10 Å². The molecular formula is C10H10BrNO. The Morgan fingerprint density at radius 2 is 2.38 bits per heavy atom. The Bertz CT molecular complexity index is 341. The van der Waals surface area contributed by atoms with Gasteiger partial charge in [-0.1, -0.05) is 28.1 Å². The molecule has 1 saturated heterocycles. The molecule has 1 aromatic rings. The van der Waals surface area contributed by atoms with E-state index in [1.807, 2.05) is 6.07 Å². The van der Waals surface area contributed by atoms with E-state index in [1.54, 1.807) is 0 Å². The van der Waals surface area contributed by atoms with Crippen LogP contribution in [0.4, 0.5) is 0 Å². The van der Waals surface area contributed by atoms with Crippen LogP contribution in [0.3, 0.4) is 0 Å². The van der Waals surface area contributed by atoms with Gasteiger partial charge in [0, 0.05) is 10.4 Å². The Morgan fingerprint density at radius 1 is 1.46 bits per heavy atom. The Labute approximate surface area is 85.4 Å². The topological polar surface area (TPSA) is 21.3 Å². The zero-order valence-electron chi connectivity index (χ0n) is 7.03. The first kappa shape index (κ1) is 7.97. The van der Waals surface area contributed by atoms with E-state index in [9.17, 15) is 0 Å². The number of rotatable bonds is 1. The van der Waals surface area contributed by atoms with Crippen LogP contribution in [0.1, 0.15) is 18.0 Å². The molecule has 13 heavy (non-hydrogen) atoms. The fourth-order valence-corrected chi connectivity index (χ4v) is 2.36. The summed E-state index contributed by atoms with van der Waals surface area (Å²) in [6.07, 6.45) is 1.69. The van der Waals surface area contributed by atoms with Gasteiger partial charge in [-0.3, -0.25) is 4.84 Å². The predicted molar refractivity (Wildman–Crippen MR) is 53.0 cm³/mol. The Morgan fingerprint density at radius 3 is 3.00 bits per heavy atom. The SMILES string of the molecule is Brc1cccc([C@H]2NO[C@@H]3C[C@H]23)c1. The number of hydroxylamine groups is 1. The summed E-state index contributed by atoms with van der Waals surface area (Å²) in [6.45, 7) is 0. The van der Waals surface area contributed by atoms with E-state index in [-0.39, 0.29) is 0 Å². The van der Waals surface area contributed by atoms with Crippen LogP contribution in [0.25, 0.3) is 0 Å². The van der Waals surface area contributed by atoms with Crippen molar-refractivity contribution in [3.63, 3.8) is 0 Å². The molecule has 1 N–H and O–H groups in total. The summed E-state index contributed by atoms with van der Waals surface area (Å²) in [7, 11) is 0. The van der Waals surface area contributed by atoms with Crippen LogP contribution in [0.5, 0.6) is 0 Å². The second kappa shape index (κ2) is 2.80. The maximum Gasteiger partial charge on any atom is 0.0843 e. The fraction of sp³-hybridized carbons (Fsp3) is 0.400. The number of halogens is 1. The molecule has 1 saturated carbocycles. The minimum atomic E-state index is 0.405. The van der Waals surface area contributed by atoms with Crippen molar-refractivity contribution in [2.24, 2.45) is 5.92 Å². The quantitative estimate of drug-likeness (QED) is 0.813. The zero-order valence-corrected chi connectivity index (χ0v) is 8.62. The molecule has 68 valence electrons. The summed E-state index contributed by atoms with van der Waals surface area (Å²) < 4.78 is 1.14. The number of hydrogen-bond donors (Lipinski definition) is 1. The lowest BCUT2D eigenvalue weighted by molar-refractivity contribution is 0.0481. The van der Waals surface area contributed by atoms with Crippen molar-refractivity contribution in [1.29, 1.82) is 0 Å². The van der Waals surface area contributed by atoms with Gasteiger partial charge < -0.3 is 0 Å². The molecule has 0 bridgehead atoms. The van der Waals surface area contributed by atoms with Crippen LogP contribution in [0.15, 0.2) is 28.7 Å². The fourth-order valence-electron chi connectivity index (χ4n) is 1.94. The number of fused-ring (bicyclic) bond motifs is 1. The number of benzene rings is 1. The Kier molecular flexibility index (Phi) is 1.72. The van der Waals surface area contributed by atoms with E-state index >= 15 is 0 Å². The van der Waals surface area contributed by atoms with Gasteiger partial charge in [0.2, 0.25) is 0 Å². The van der Waals surface area contributed by atoms with E-state index in [0.29, 0.717) is 18.1 Å². The average molecular weight is 240 g/mol. The van der Waals surface area contributed by atoms with Crippen LogP contribution in [0.2, 0.25) is 0 Å². The van der Waals surface area contributed by atoms with Gasteiger partial charge in [-0.2, -0.15) is 5.48 Å². The van der Waals surface area contributed by atoms with Gasteiger partial charge in [-0.05, 0) is 24.1 Å². The Balaban J connectivity index is 1.91. The van der Waals surface area contributed by atoms with Crippen molar-refractivity contribution in [1.82, 2.24) is 5.48 Å². The molecule has 0 unspecified atom stereocenters. The molecule has 2 nitrogen and oxygen atoms in total. The average Bonchev–Trinajstić information content (AvgIpc) is 2.78. The van der Waals surface area contributed by atoms with Crippen LogP contribution >= 0.6 is 15.9 Å². The second-order valence-electron chi connectivity index (χ2n) is 3.71. The lowest BCUT2D eigenvalue weighted by Crippen LogP contribution is -2.16. The van der Waals surface area contributed by atoms with Gasteiger partial charge >= 0.3 is 0 Å². The third kappa shape index (κ3) is 1.31. The summed E-state index contributed by atoms with van der Waals surface area (Å²) in [5.41, 5.74) is 4.40. The maximum atomic E-state index is 5.37. The van der Waals surface area contributed by atoms with E-state index in [4.69, 9.17) is 4.84 Å². The van der Waals surface area contributed by atoms with E-state index in [1.165, 1.54) is 12.0 Å². The van der Waals surface area contributed by atoms with Crippen LogP contribution in [0, 0.1) is 5.92 Å². The summed E-state index contributed by atoms with van der Waals surface area (Å²) in [6, 6.07) is 8.82. The van der Waals surface area contributed by atoms with Crippen molar-refractivity contribution < 1.29 is 4.84 Å². The molecule has 0 spiro atoms. The molecule has 3 atom stereocenters. The molecular weight excluding hydrogens is 230 g/mol. The first-order valence-corrected chi connectivity index (χ1v) is 5.30. The standard InChI is InChI=1S/C10H10BrNO/c11-7-3-1-2-6(4-7)10-8-5-9(8)13-12-10/h1-4,8-10,12H,5H2/t8-,9+,10+/m0/s1. The highest BCUT2D eigenvalue weighted by Crippen LogP contribution is 2.48. The first-order chi connectivity index (χ1) is 6.34. The molecule has 1 aromatic carbocycles. The third-order valence-corrected chi connectivity index (χ3v) is 3.25. The highest BCUT2D eigenvalue weighted by atomic mass is 79.9. The summed E-state index contributed by atoms with van der Waals surface area (Å²) in [4.78, 5) is 5.37. The van der Waals surface area contributed by atoms with Crippen molar-refractivity contribution in [3.05, 3.63) is 34.3 Å². The highest BCUT2D eigenvalue weighted by molar-refractivity contribution is 9.10. The molecule has 3 rings (SSSR count). The molecule has 1 aliphatic carbocycles. The van der Waals surface area contributed by atoms with E-state index in [0.717, 1.165) is 4.47 Å². The van der Waals surface area contributed by atoms with E-state index in [2.05, 4.69) is 39.6 Å². The molecule has 3 heteroatoms. The van der Waals surface area contributed by atoms with Crippen molar-refractivity contribution in [2.75, 3.05) is 0 Å². The predicted octanol–water partition coefficient (Wildman–Crippen LogP) is 2.41. The number of nitrogens with one attached hydrogen (secondary N) is 1. The molecule has 0 aromatic heterocycles. The Hall–Kier alpha value is -0.380. The molecule has 0 radical (unpaired) electrons. The summed E-state index contributed by atoms with van der Waals surface area (Å²) >= 11 is 3.47. The van der Waals surface area contributed by atoms with Gasteiger partial charge in [0.15, 0.2) is 0 Å². The third-order valence-electron chi connectivity index (χ3n) is 2.76. The van der Waals surface area contributed by atoms with Crippen molar-refractivity contribution >= 4 is 15.9 Å². The van der Waals surface area contributed by atoms with Gasteiger partial charge in [0.25, 0.3) is 0 Å². The maximum absolute atomic E-state index is 5.37. The largest absolute Gasteiger partial charge is 0.298 e. The normalized spacial score (nSPS) is 35.9. The minimum absolute atomic E-state index is 0.405. The van der Waals surface area contributed by atoms with Gasteiger partial charge in [-0.15, -0.1) is 0 Å². The lowest BCUT2D eigenvalue weighted by Gasteiger charge is -2.11. The van der Waals surface area contributed by atoms with Crippen molar-refractivity contribution in [3.8, 4) is 0 Å². The summed E-state index contributed by atoms with van der Waals surface area (Å²) in [5.74, 6) is 0.703. The van der Waals surface area contributed by atoms with Crippen molar-refractivity contribution in [2.45, 2.75) is 18.6 Å². The first-order valence-electron chi connectivity index (χ1n) is 4.51. The zero-order chi connectivity index (χ0) is 8.84. The van der Waals surface area contributed by atoms with Crippen LogP contribution < -0.4 is 5.48 Å². The highest BCUT2D eigenvalue weighted by Gasteiger charge is 2.50. The molecule has 0 amide bonds.